The van der Waals surface area contributed by atoms with Crippen LogP contribution in [0.5, 0.6) is 0 Å². The molecule has 0 unspecified atom stereocenters. The summed E-state index contributed by atoms with van der Waals surface area (Å²) in [5.41, 5.74) is -0.472. The lowest BCUT2D eigenvalue weighted by molar-refractivity contribution is -0.137. The summed E-state index contributed by atoms with van der Waals surface area (Å²) >= 11 is 0. The van der Waals surface area contributed by atoms with Gasteiger partial charge in [0.1, 0.15) is 11.6 Å². The molecule has 100 valence electrons. The van der Waals surface area contributed by atoms with Crippen LogP contribution in [-0.4, -0.2) is 18.6 Å². The molecule has 2 N–H and O–H groups in total. The molecule has 0 radical (unpaired) electrons. The van der Waals surface area contributed by atoms with Gasteiger partial charge < -0.3 is 10.6 Å². The first kappa shape index (κ1) is 13.0. The zero-order chi connectivity index (χ0) is 13.4. The van der Waals surface area contributed by atoms with Crippen LogP contribution in [-0.2, 0) is 6.18 Å². The first-order valence-corrected chi connectivity index (χ1v) is 5.83. The van der Waals surface area contributed by atoms with Gasteiger partial charge in [-0.2, -0.15) is 13.2 Å². The van der Waals surface area contributed by atoms with Crippen LogP contribution < -0.4 is 10.6 Å². The minimum Gasteiger partial charge on any atom is -0.373 e. The molecule has 1 aromatic rings. The van der Waals surface area contributed by atoms with Crippen molar-refractivity contribution in [1.29, 1.82) is 0 Å². The smallest absolute Gasteiger partial charge is 0.373 e. The van der Waals surface area contributed by atoms with Crippen molar-refractivity contribution < 1.29 is 13.2 Å². The zero-order valence-corrected chi connectivity index (χ0v) is 10.4. The highest BCUT2D eigenvalue weighted by molar-refractivity contribution is 5.49. The van der Waals surface area contributed by atoms with Gasteiger partial charge in [-0.05, 0) is 30.4 Å². The van der Waals surface area contributed by atoms with E-state index in [4.69, 9.17) is 0 Å². The second-order valence-corrected chi connectivity index (χ2v) is 5.04. The predicted molar refractivity (Wildman–Crippen MR) is 64.6 cm³/mol. The van der Waals surface area contributed by atoms with Gasteiger partial charge >= 0.3 is 6.18 Å². The Morgan fingerprint density at radius 1 is 1.28 bits per heavy atom. The Hall–Kier alpha value is -1.46. The maximum atomic E-state index is 12.7. The lowest BCUT2D eigenvalue weighted by Gasteiger charge is -2.14. The van der Waals surface area contributed by atoms with E-state index in [2.05, 4.69) is 22.5 Å². The Kier molecular flexibility index (Phi) is 3.12. The molecule has 0 atom stereocenters. The van der Waals surface area contributed by atoms with Crippen molar-refractivity contribution in [3.05, 3.63) is 17.7 Å². The molecular weight excluding hydrogens is 243 g/mol. The molecular formula is C12H16F3N3. The summed E-state index contributed by atoms with van der Waals surface area (Å²) in [4.78, 5) is 4.07. The Labute approximate surface area is 104 Å². The molecule has 1 heterocycles. The average molecular weight is 259 g/mol. The summed E-state index contributed by atoms with van der Waals surface area (Å²) in [6, 6.07) is 2.05. The number of nitrogens with one attached hydrogen (secondary N) is 2. The van der Waals surface area contributed by atoms with Gasteiger partial charge in [0.2, 0.25) is 0 Å². The topological polar surface area (TPSA) is 37.0 Å². The van der Waals surface area contributed by atoms with Crippen LogP contribution >= 0.6 is 0 Å². The maximum absolute atomic E-state index is 12.7. The van der Waals surface area contributed by atoms with Gasteiger partial charge in [0.25, 0.3) is 0 Å². The fourth-order valence-electron chi connectivity index (χ4n) is 1.61. The van der Waals surface area contributed by atoms with E-state index in [9.17, 15) is 13.2 Å². The third-order valence-electron chi connectivity index (χ3n) is 3.21. The van der Waals surface area contributed by atoms with Crippen LogP contribution in [0.3, 0.4) is 0 Å². The van der Waals surface area contributed by atoms with E-state index < -0.39 is 11.7 Å². The third kappa shape index (κ3) is 3.05. The standard InChI is InChI=1S/C12H16F3N3/c1-11(3-4-11)7-17-10-6-8(12(13,14)15)5-9(16-2)18-10/h5-6H,3-4,7H2,1-2H3,(H2,16,17,18). The van der Waals surface area contributed by atoms with Crippen molar-refractivity contribution in [2.75, 3.05) is 24.2 Å². The Morgan fingerprint density at radius 3 is 2.39 bits per heavy atom. The molecule has 3 nitrogen and oxygen atoms in total. The van der Waals surface area contributed by atoms with E-state index in [0.717, 1.165) is 25.0 Å². The van der Waals surface area contributed by atoms with Crippen LogP contribution in [0.25, 0.3) is 0 Å². The fourth-order valence-corrected chi connectivity index (χ4v) is 1.61. The zero-order valence-electron chi connectivity index (χ0n) is 10.4. The first-order chi connectivity index (χ1) is 8.32. The van der Waals surface area contributed by atoms with Crippen LogP contribution in [0.15, 0.2) is 12.1 Å². The third-order valence-corrected chi connectivity index (χ3v) is 3.21. The van der Waals surface area contributed by atoms with E-state index >= 15 is 0 Å². The molecule has 0 spiro atoms. The van der Waals surface area contributed by atoms with Crippen molar-refractivity contribution >= 4 is 11.6 Å². The molecule has 0 amide bonds. The molecule has 2 rings (SSSR count). The molecule has 1 aliphatic carbocycles. The second kappa shape index (κ2) is 4.33. The number of nitrogens with zero attached hydrogens (tertiary/aromatic N) is 1. The number of hydrogen-bond acceptors (Lipinski definition) is 3. The lowest BCUT2D eigenvalue weighted by Crippen LogP contribution is -2.14. The highest BCUT2D eigenvalue weighted by atomic mass is 19.4. The van der Waals surface area contributed by atoms with Gasteiger partial charge in [0.15, 0.2) is 0 Å². The number of anilines is 2. The summed E-state index contributed by atoms with van der Waals surface area (Å²) in [6.45, 7) is 2.76. The number of aromatic nitrogens is 1. The molecule has 1 saturated carbocycles. The molecule has 0 aromatic carbocycles. The van der Waals surface area contributed by atoms with Gasteiger partial charge in [0.05, 0.1) is 5.56 Å². The summed E-state index contributed by atoms with van der Waals surface area (Å²) in [6.07, 6.45) is -2.13. The van der Waals surface area contributed by atoms with Gasteiger partial charge in [-0.1, -0.05) is 6.92 Å². The van der Waals surface area contributed by atoms with E-state index in [0.29, 0.717) is 6.54 Å². The number of pyridine rings is 1. The molecule has 1 fully saturated rings. The van der Waals surface area contributed by atoms with Crippen molar-refractivity contribution in [2.45, 2.75) is 25.9 Å². The second-order valence-electron chi connectivity index (χ2n) is 5.04. The number of alkyl halides is 3. The molecule has 18 heavy (non-hydrogen) atoms. The average Bonchev–Trinajstić information content (AvgIpc) is 3.04. The molecule has 1 aromatic heterocycles. The van der Waals surface area contributed by atoms with Crippen LogP contribution in [0.1, 0.15) is 25.3 Å². The summed E-state index contributed by atoms with van der Waals surface area (Å²) < 4.78 is 38.1. The summed E-state index contributed by atoms with van der Waals surface area (Å²) in [5.74, 6) is 0.482. The Bertz CT molecular complexity index is 439. The van der Waals surface area contributed by atoms with Crippen LogP contribution in [0.2, 0.25) is 0 Å². The quantitative estimate of drug-likeness (QED) is 0.870. The largest absolute Gasteiger partial charge is 0.416 e. The molecule has 0 saturated heterocycles. The van der Waals surface area contributed by atoms with Crippen molar-refractivity contribution in [3.8, 4) is 0 Å². The van der Waals surface area contributed by atoms with Gasteiger partial charge in [0, 0.05) is 13.6 Å². The van der Waals surface area contributed by atoms with Gasteiger partial charge in [-0.25, -0.2) is 4.98 Å². The van der Waals surface area contributed by atoms with E-state index in [1.165, 1.54) is 0 Å². The number of hydrogen-bond donors (Lipinski definition) is 2. The normalized spacial score (nSPS) is 17.4. The summed E-state index contributed by atoms with van der Waals surface area (Å²) in [7, 11) is 1.55. The van der Waals surface area contributed by atoms with Crippen molar-refractivity contribution in [3.63, 3.8) is 0 Å². The highest BCUT2D eigenvalue weighted by Crippen LogP contribution is 2.44. The lowest BCUT2D eigenvalue weighted by atomic mass is 10.1. The Balaban J connectivity index is 2.18. The van der Waals surface area contributed by atoms with Crippen molar-refractivity contribution in [1.82, 2.24) is 4.98 Å². The molecule has 1 aliphatic rings. The number of rotatable bonds is 4. The highest BCUT2D eigenvalue weighted by Gasteiger charge is 2.37. The molecule has 6 heteroatoms. The fraction of sp³-hybridized carbons (Fsp3) is 0.583. The van der Waals surface area contributed by atoms with Gasteiger partial charge in [-0.3, -0.25) is 0 Å². The summed E-state index contributed by atoms with van der Waals surface area (Å²) in [5, 5.41) is 5.62. The number of halogens is 3. The van der Waals surface area contributed by atoms with Crippen LogP contribution in [0, 0.1) is 5.41 Å². The van der Waals surface area contributed by atoms with Crippen molar-refractivity contribution in [2.24, 2.45) is 5.41 Å². The van der Waals surface area contributed by atoms with E-state index in [-0.39, 0.29) is 17.1 Å². The predicted octanol–water partition coefficient (Wildman–Crippen LogP) is 3.35. The molecule has 0 bridgehead atoms. The molecule has 0 aliphatic heterocycles. The Morgan fingerprint density at radius 2 is 1.89 bits per heavy atom. The SMILES string of the molecule is CNc1cc(C(F)(F)F)cc(NCC2(C)CC2)n1. The van der Waals surface area contributed by atoms with E-state index in [1.54, 1.807) is 7.05 Å². The minimum atomic E-state index is -4.35. The van der Waals surface area contributed by atoms with E-state index in [1.807, 2.05) is 0 Å². The van der Waals surface area contributed by atoms with Gasteiger partial charge in [-0.15, -0.1) is 0 Å². The first-order valence-electron chi connectivity index (χ1n) is 5.83. The minimum absolute atomic E-state index is 0.216. The van der Waals surface area contributed by atoms with Crippen LogP contribution in [0.4, 0.5) is 24.8 Å². The monoisotopic (exact) mass is 259 g/mol. The maximum Gasteiger partial charge on any atom is 0.416 e.